The molecule has 0 saturated carbocycles. The van der Waals surface area contributed by atoms with E-state index in [-0.39, 0.29) is 6.10 Å². The Morgan fingerprint density at radius 2 is 2.16 bits per heavy atom. The van der Waals surface area contributed by atoms with Crippen molar-refractivity contribution >= 4 is 22.6 Å². The molecule has 0 saturated heterocycles. The SMILES string of the molecule is COc1ccc2nc(CCCl)n(CC(C)OC)c2c1. The molecule has 2 aromatic rings. The molecule has 5 heteroatoms. The number of alkyl halides is 1. The van der Waals surface area contributed by atoms with Crippen molar-refractivity contribution in [2.24, 2.45) is 0 Å². The van der Waals surface area contributed by atoms with Crippen molar-refractivity contribution in [3.05, 3.63) is 24.0 Å². The van der Waals surface area contributed by atoms with E-state index in [0.717, 1.165) is 35.6 Å². The average molecular weight is 283 g/mol. The van der Waals surface area contributed by atoms with Crippen molar-refractivity contribution in [1.82, 2.24) is 9.55 Å². The summed E-state index contributed by atoms with van der Waals surface area (Å²) in [6.07, 6.45) is 0.868. The Labute approximate surface area is 118 Å². The largest absolute Gasteiger partial charge is 0.497 e. The van der Waals surface area contributed by atoms with Crippen molar-refractivity contribution in [2.75, 3.05) is 20.1 Å². The van der Waals surface area contributed by atoms with Crippen molar-refractivity contribution in [1.29, 1.82) is 0 Å². The van der Waals surface area contributed by atoms with E-state index >= 15 is 0 Å². The van der Waals surface area contributed by atoms with E-state index < -0.39 is 0 Å². The van der Waals surface area contributed by atoms with Gasteiger partial charge in [0.05, 0.1) is 30.8 Å². The lowest BCUT2D eigenvalue weighted by Gasteiger charge is -2.14. The molecular weight excluding hydrogens is 264 g/mol. The Hall–Kier alpha value is -1.26. The summed E-state index contributed by atoms with van der Waals surface area (Å²) in [5, 5.41) is 0. The van der Waals surface area contributed by atoms with E-state index in [1.165, 1.54) is 0 Å². The maximum Gasteiger partial charge on any atom is 0.121 e. The van der Waals surface area contributed by atoms with Gasteiger partial charge in [-0.05, 0) is 19.1 Å². The van der Waals surface area contributed by atoms with Gasteiger partial charge in [-0.15, -0.1) is 11.6 Å². The first-order valence-corrected chi connectivity index (χ1v) is 6.85. The van der Waals surface area contributed by atoms with E-state index in [2.05, 4.69) is 9.55 Å². The molecule has 0 bridgehead atoms. The molecule has 1 atom stereocenters. The van der Waals surface area contributed by atoms with E-state index in [1.807, 2.05) is 25.1 Å². The molecule has 104 valence electrons. The van der Waals surface area contributed by atoms with Gasteiger partial charge in [-0.2, -0.15) is 0 Å². The Morgan fingerprint density at radius 3 is 2.79 bits per heavy atom. The van der Waals surface area contributed by atoms with Crippen LogP contribution in [0.3, 0.4) is 0 Å². The van der Waals surface area contributed by atoms with Gasteiger partial charge in [0.2, 0.25) is 0 Å². The number of halogens is 1. The third-order valence-corrected chi connectivity index (χ3v) is 3.38. The normalized spacial score (nSPS) is 12.8. The fraction of sp³-hybridized carbons (Fsp3) is 0.500. The van der Waals surface area contributed by atoms with Crippen LogP contribution in [0.15, 0.2) is 18.2 Å². The fourth-order valence-electron chi connectivity index (χ4n) is 2.09. The molecule has 1 aromatic heterocycles. The Bertz CT molecular complexity index is 554. The van der Waals surface area contributed by atoms with Gasteiger partial charge in [-0.25, -0.2) is 4.98 Å². The highest BCUT2D eigenvalue weighted by Crippen LogP contribution is 2.23. The van der Waals surface area contributed by atoms with Crippen molar-refractivity contribution in [3.8, 4) is 5.75 Å². The van der Waals surface area contributed by atoms with Gasteiger partial charge in [0, 0.05) is 25.5 Å². The zero-order chi connectivity index (χ0) is 13.8. The zero-order valence-electron chi connectivity index (χ0n) is 11.5. The second-order valence-electron chi connectivity index (χ2n) is 4.48. The molecule has 1 heterocycles. The fourth-order valence-corrected chi connectivity index (χ4v) is 2.26. The minimum absolute atomic E-state index is 0.123. The molecule has 1 unspecified atom stereocenters. The molecule has 0 fully saturated rings. The van der Waals surface area contributed by atoms with Gasteiger partial charge >= 0.3 is 0 Å². The maximum absolute atomic E-state index is 5.86. The van der Waals surface area contributed by atoms with E-state index in [9.17, 15) is 0 Å². The molecule has 0 N–H and O–H groups in total. The van der Waals surface area contributed by atoms with Gasteiger partial charge in [0.1, 0.15) is 11.6 Å². The lowest BCUT2D eigenvalue weighted by Crippen LogP contribution is -2.17. The molecular formula is C14H19ClN2O2. The highest BCUT2D eigenvalue weighted by atomic mass is 35.5. The molecule has 0 aliphatic rings. The highest BCUT2D eigenvalue weighted by molar-refractivity contribution is 6.17. The molecule has 0 aliphatic carbocycles. The molecule has 0 amide bonds. The predicted octanol–water partition coefficient (Wildman–Crippen LogP) is 2.86. The highest BCUT2D eigenvalue weighted by Gasteiger charge is 2.13. The number of aromatic nitrogens is 2. The van der Waals surface area contributed by atoms with Crippen molar-refractivity contribution in [2.45, 2.75) is 26.0 Å². The van der Waals surface area contributed by atoms with Crippen LogP contribution in [0.4, 0.5) is 0 Å². The quantitative estimate of drug-likeness (QED) is 0.765. The first kappa shape index (κ1) is 14.2. The predicted molar refractivity (Wildman–Crippen MR) is 77.2 cm³/mol. The monoisotopic (exact) mass is 282 g/mol. The molecule has 0 radical (unpaired) electrons. The number of nitrogens with zero attached hydrogens (tertiary/aromatic N) is 2. The van der Waals surface area contributed by atoms with Crippen molar-refractivity contribution < 1.29 is 9.47 Å². The molecule has 19 heavy (non-hydrogen) atoms. The summed E-state index contributed by atoms with van der Waals surface area (Å²) in [5.41, 5.74) is 2.02. The first-order chi connectivity index (χ1) is 9.19. The van der Waals surface area contributed by atoms with Gasteiger partial charge < -0.3 is 14.0 Å². The topological polar surface area (TPSA) is 36.3 Å². The lowest BCUT2D eigenvalue weighted by atomic mass is 10.3. The second-order valence-corrected chi connectivity index (χ2v) is 4.86. The number of ether oxygens (including phenoxy) is 2. The second kappa shape index (κ2) is 6.26. The summed E-state index contributed by atoms with van der Waals surface area (Å²) in [5.74, 6) is 2.38. The summed E-state index contributed by atoms with van der Waals surface area (Å²) in [4.78, 5) is 4.63. The molecule has 0 aliphatic heterocycles. The van der Waals surface area contributed by atoms with Crippen LogP contribution in [-0.2, 0) is 17.7 Å². The molecule has 0 spiro atoms. The van der Waals surface area contributed by atoms with Crippen LogP contribution in [0.5, 0.6) is 5.75 Å². The van der Waals surface area contributed by atoms with Crippen LogP contribution in [-0.4, -0.2) is 35.8 Å². The minimum atomic E-state index is 0.123. The zero-order valence-corrected chi connectivity index (χ0v) is 12.3. The van der Waals surface area contributed by atoms with Crippen LogP contribution >= 0.6 is 11.6 Å². The third-order valence-electron chi connectivity index (χ3n) is 3.19. The van der Waals surface area contributed by atoms with Crippen LogP contribution in [0, 0.1) is 0 Å². The summed E-state index contributed by atoms with van der Waals surface area (Å²) < 4.78 is 12.8. The third kappa shape index (κ3) is 3.01. The van der Waals surface area contributed by atoms with Crippen LogP contribution in [0.25, 0.3) is 11.0 Å². The lowest BCUT2D eigenvalue weighted by molar-refractivity contribution is 0.103. The van der Waals surface area contributed by atoms with Crippen LogP contribution < -0.4 is 4.74 Å². The van der Waals surface area contributed by atoms with E-state index in [4.69, 9.17) is 21.1 Å². The number of hydrogen-bond donors (Lipinski definition) is 0. The standard InChI is InChI=1S/C14H19ClN2O2/c1-10(18-2)9-17-13-8-11(19-3)4-5-12(13)16-14(17)6-7-15/h4-5,8,10H,6-7,9H2,1-3H3. The number of rotatable bonds is 6. The Kier molecular flexibility index (Phi) is 4.66. The number of fused-ring (bicyclic) bond motifs is 1. The molecule has 4 nitrogen and oxygen atoms in total. The Balaban J connectivity index is 2.49. The van der Waals surface area contributed by atoms with Crippen LogP contribution in [0.1, 0.15) is 12.7 Å². The summed E-state index contributed by atoms with van der Waals surface area (Å²) in [6, 6.07) is 5.90. The maximum atomic E-state index is 5.86. The van der Waals surface area contributed by atoms with E-state index in [0.29, 0.717) is 5.88 Å². The minimum Gasteiger partial charge on any atom is -0.497 e. The van der Waals surface area contributed by atoms with Crippen LogP contribution in [0.2, 0.25) is 0 Å². The number of methoxy groups -OCH3 is 2. The number of benzene rings is 1. The van der Waals surface area contributed by atoms with Gasteiger partial charge in [0.25, 0.3) is 0 Å². The van der Waals surface area contributed by atoms with Crippen molar-refractivity contribution in [3.63, 3.8) is 0 Å². The first-order valence-electron chi connectivity index (χ1n) is 6.31. The number of imidazole rings is 1. The number of hydrogen-bond acceptors (Lipinski definition) is 3. The summed E-state index contributed by atoms with van der Waals surface area (Å²) >= 11 is 5.86. The number of aryl methyl sites for hydroxylation is 1. The summed E-state index contributed by atoms with van der Waals surface area (Å²) in [7, 11) is 3.38. The average Bonchev–Trinajstić information content (AvgIpc) is 2.76. The smallest absolute Gasteiger partial charge is 0.121 e. The van der Waals surface area contributed by atoms with E-state index in [1.54, 1.807) is 14.2 Å². The summed E-state index contributed by atoms with van der Waals surface area (Å²) in [6.45, 7) is 2.79. The molecule has 1 aromatic carbocycles. The molecule has 2 rings (SSSR count). The van der Waals surface area contributed by atoms with Gasteiger partial charge in [0.15, 0.2) is 0 Å². The Morgan fingerprint density at radius 1 is 1.37 bits per heavy atom. The van der Waals surface area contributed by atoms with Gasteiger partial charge in [-0.1, -0.05) is 0 Å². The van der Waals surface area contributed by atoms with Gasteiger partial charge in [-0.3, -0.25) is 0 Å².